The van der Waals surface area contributed by atoms with Crippen LogP contribution in [0.25, 0.3) is 5.69 Å². The molecule has 0 bridgehead atoms. The summed E-state index contributed by atoms with van der Waals surface area (Å²) >= 11 is 1.30. The molecule has 0 aliphatic heterocycles. The van der Waals surface area contributed by atoms with Crippen LogP contribution in [0.15, 0.2) is 41.8 Å². The number of hydrogen-bond donors (Lipinski definition) is 1. The Morgan fingerprint density at radius 2 is 2.17 bits per heavy atom. The molecule has 0 radical (unpaired) electrons. The summed E-state index contributed by atoms with van der Waals surface area (Å²) in [5, 5.41) is 7.07. The van der Waals surface area contributed by atoms with Gasteiger partial charge in [-0.2, -0.15) is 5.10 Å². The lowest BCUT2D eigenvalue weighted by molar-refractivity contribution is 0.102. The first kappa shape index (κ1) is 15.5. The van der Waals surface area contributed by atoms with Gasteiger partial charge in [-0.3, -0.25) is 9.89 Å². The monoisotopic (exact) mass is 330 g/mol. The number of nitrogens with one attached hydrogen (secondary N) is 1. The van der Waals surface area contributed by atoms with E-state index in [1.165, 1.54) is 30.2 Å². The zero-order chi connectivity index (χ0) is 16.4. The molecule has 0 aliphatic rings. The van der Waals surface area contributed by atoms with E-state index in [1.807, 2.05) is 30.5 Å². The number of rotatable bonds is 5. The average molecular weight is 330 g/mol. The van der Waals surface area contributed by atoms with Crippen molar-refractivity contribution >= 4 is 17.5 Å². The third-order valence-corrected chi connectivity index (χ3v) is 4.41. The Balaban J connectivity index is 1.86. The first-order valence-corrected chi connectivity index (χ1v) is 8.01. The number of H-pyrrole nitrogens is 1. The number of ketones is 1. The molecular formula is C16H15FN4OS. The number of aryl methyl sites for hydroxylation is 1. The van der Waals surface area contributed by atoms with Crippen molar-refractivity contribution in [2.75, 3.05) is 5.75 Å². The Labute approximate surface area is 136 Å². The molecule has 118 valence electrons. The first-order chi connectivity index (χ1) is 11.1. The molecule has 0 spiro atoms. The Morgan fingerprint density at radius 3 is 2.87 bits per heavy atom. The molecule has 2 aromatic heterocycles. The van der Waals surface area contributed by atoms with Crippen LogP contribution < -0.4 is 0 Å². The Morgan fingerprint density at radius 1 is 1.35 bits per heavy atom. The molecule has 1 aromatic carbocycles. The highest BCUT2D eigenvalue weighted by Crippen LogP contribution is 2.23. The predicted octanol–water partition coefficient (Wildman–Crippen LogP) is 3.33. The largest absolute Gasteiger partial charge is 0.318 e. The van der Waals surface area contributed by atoms with Gasteiger partial charge < -0.3 is 4.57 Å². The van der Waals surface area contributed by atoms with Crippen molar-refractivity contribution in [2.24, 2.45) is 0 Å². The van der Waals surface area contributed by atoms with Gasteiger partial charge >= 0.3 is 0 Å². The average Bonchev–Trinajstić information content (AvgIpc) is 3.13. The number of thioether (sulfide) groups is 1. The number of halogens is 1. The van der Waals surface area contributed by atoms with E-state index in [0.717, 1.165) is 11.4 Å². The lowest BCUT2D eigenvalue weighted by atomic mass is 10.2. The quantitative estimate of drug-likeness (QED) is 0.576. The van der Waals surface area contributed by atoms with E-state index in [1.54, 1.807) is 6.07 Å². The standard InChI is InChI=1S/C16H15FN4OS/c1-10-6-14(15(22)8-23-16-18-9-19-20-16)11(2)21(10)13-5-3-4-12(17)7-13/h3-7,9H,8H2,1-2H3,(H,18,19,20). The molecule has 5 nitrogen and oxygen atoms in total. The normalized spacial score (nSPS) is 10.9. The van der Waals surface area contributed by atoms with Gasteiger partial charge in [-0.1, -0.05) is 17.8 Å². The minimum atomic E-state index is -0.302. The molecule has 0 saturated carbocycles. The van der Waals surface area contributed by atoms with Crippen LogP contribution in [-0.2, 0) is 0 Å². The molecule has 1 N–H and O–H groups in total. The summed E-state index contributed by atoms with van der Waals surface area (Å²) in [4.78, 5) is 16.4. The molecule has 3 rings (SSSR count). The molecule has 2 heterocycles. The van der Waals surface area contributed by atoms with Crippen molar-refractivity contribution in [1.82, 2.24) is 19.7 Å². The zero-order valence-corrected chi connectivity index (χ0v) is 13.5. The van der Waals surface area contributed by atoms with Crippen molar-refractivity contribution in [2.45, 2.75) is 19.0 Å². The van der Waals surface area contributed by atoms with Gasteiger partial charge in [0, 0.05) is 22.6 Å². The summed E-state index contributed by atoms with van der Waals surface area (Å²) in [5.74, 6) is -0.0336. The molecule has 0 atom stereocenters. The predicted molar refractivity (Wildman–Crippen MR) is 86.6 cm³/mol. The van der Waals surface area contributed by atoms with Gasteiger partial charge in [0.05, 0.1) is 5.75 Å². The second kappa shape index (κ2) is 6.37. The van der Waals surface area contributed by atoms with Crippen LogP contribution in [0, 0.1) is 19.7 Å². The Bertz CT molecular complexity index is 842. The number of carbonyl (C=O) groups excluding carboxylic acids is 1. The van der Waals surface area contributed by atoms with Gasteiger partial charge in [-0.05, 0) is 38.1 Å². The molecular weight excluding hydrogens is 315 g/mol. The fourth-order valence-corrected chi connectivity index (χ4v) is 3.20. The van der Waals surface area contributed by atoms with E-state index in [0.29, 0.717) is 16.4 Å². The van der Waals surface area contributed by atoms with Gasteiger partial charge in [-0.15, -0.1) is 0 Å². The van der Waals surface area contributed by atoms with E-state index < -0.39 is 0 Å². The topological polar surface area (TPSA) is 63.6 Å². The number of aromatic nitrogens is 4. The van der Waals surface area contributed by atoms with E-state index in [9.17, 15) is 9.18 Å². The van der Waals surface area contributed by atoms with Crippen molar-refractivity contribution in [1.29, 1.82) is 0 Å². The molecule has 23 heavy (non-hydrogen) atoms. The van der Waals surface area contributed by atoms with Crippen LogP contribution in [0.2, 0.25) is 0 Å². The van der Waals surface area contributed by atoms with Gasteiger partial charge in [0.25, 0.3) is 0 Å². The number of Topliss-reactive ketones (excluding diaryl/α,β-unsaturated/α-hetero) is 1. The molecule has 0 unspecified atom stereocenters. The minimum Gasteiger partial charge on any atom is -0.318 e. The second-order valence-electron chi connectivity index (χ2n) is 5.10. The van der Waals surface area contributed by atoms with Crippen LogP contribution in [0.4, 0.5) is 4.39 Å². The van der Waals surface area contributed by atoms with Gasteiger partial charge in [-0.25, -0.2) is 9.37 Å². The second-order valence-corrected chi connectivity index (χ2v) is 6.07. The summed E-state index contributed by atoms with van der Waals surface area (Å²) in [7, 11) is 0. The summed E-state index contributed by atoms with van der Waals surface area (Å²) < 4.78 is 15.3. The summed E-state index contributed by atoms with van der Waals surface area (Å²) in [5.41, 5.74) is 3.04. The van der Waals surface area contributed by atoms with E-state index in [-0.39, 0.29) is 17.4 Å². The number of benzene rings is 1. The first-order valence-electron chi connectivity index (χ1n) is 7.02. The molecule has 0 fully saturated rings. The third-order valence-electron chi connectivity index (χ3n) is 3.53. The summed E-state index contributed by atoms with van der Waals surface area (Å²) in [6.07, 6.45) is 1.41. The molecule has 7 heteroatoms. The maximum absolute atomic E-state index is 13.5. The highest BCUT2D eigenvalue weighted by atomic mass is 32.2. The smallest absolute Gasteiger partial charge is 0.183 e. The highest BCUT2D eigenvalue weighted by molar-refractivity contribution is 7.99. The maximum atomic E-state index is 13.5. The highest BCUT2D eigenvalue weighted by Gasteiger charge is 2.17. The number of hydrogen-bond acceptors (Lipinski definition) is 4. The fraction of sp³-hybridized carbons (Fsp3) is 0.188. The van der Waals surface area contributed by atoms with Gasteiger partial charge in [0.2, 0.25) is 0 Å². The molecule has 3 aromatic rings. The minimum absolute atomic E-state index is 0.00199. The van der Waals surface area contributed by atoms with Crippen LogP contribution in [0.5, 0.6) is 0 Å². The Hall–Kier alpha value is -2.41. The lowest BCUT2D eigenvalue weighted by Crippen LogP contribution is -2.06. The SMILES string of the molecule is Cc1cc(C(=O)CSc2ncn[nH]2)c(C)n1-c1cccc(F)c1. The van der Waals surface area contributed by atoms with E-state index >= 15 is 0 Å². The molecule has 0 amide bonds. The Kier molecular flexibility index (Phi) is 4.29. The fourth-order valence-electron chi connectivity index (χ4n) is 2.53. The lowest BCUT2D eigenvalue weighted by Gasteiger charge is -2.09. The van der Waals surface area contributed by atoms with Gasteiger partial charge in [0.15, 0.2) is 10.9 Å². The van der Waals surface area contributed by atoms with Crippen LogP contribution in [-0.4, -0.2) is 31.3 Å². The van der Waals surface area contributed by atoms with Crippen LogP contribution >= 0.6 is 11.8 Å². The van der Waals surface area contributed by atoms with Crippen LogP contribution in [0.1, 0.15) is 21.7 Å². The summed E-state index contributed by atoms with van der Waals surface area (Å²) in [6.45, 7) is 3.77. The van der Waals surface area contributed by atoms with Crippen molar-refractivity contribution < 1.29 is 9.18 Å². The van der Waals surface area contributed by atoms with E-state index in [2.05, 4.69) is 15.2 Å². The molecule has 0 saturated heterocycles. The molecule has 0 aliphatic carbocycles. The number of aromatic amines is 1. The van der Waals surface area contributed by atoms with E-state index in [4.69, 9.17) is 0 Å². The number of carbonyl (C=O) groups is 1. The van der Waals surface area contributed by atoms with Crippen molar-refractivity contribution in [3.63, 3.8) is 0 Å². The van der Waals surface area contributed by atoms with Crippen molar-refractivity contribution in [3.05, 3.63) is 59.4 Å². The van der Waals surface area contributed by atoms with Gasteiger partial charge in [0.1, 0.15) is 12.1 Å². The zero-order valence-electron chi connectivity index (χ0n) is 12.7. The summed E-state index contributed by atoms with van der Waals surface area (Å²) in [6, 6.07) is 8.17. The van der Waals surface area contributed by atoms with Crippen molar-refractivity contribution in [3.8, 4) is 5.69 Å². The maximum Gasteiger partial charge on any atom is 0.183 e. The third kappa shape index (κ3) is 3.19. The van der Waals surface area contributed by atoms with Crippen LogP contribution in [0.3, 0.4) is 0 Å². The number of nitrogens with zero attached hydrogens (tertiary/aromatic N) is 3.